The number of aromatic nitrogens is 1. The lowest BCUT2D eigenvalue weighted by Gasteiger charge is -2.14. The van der Waals surface area contributed by atoms with Gasteiger partial charge < -0.3 is 20.9 Å². The summed E-state index contributed by atoms with van der Waals surface area (Å²) >= 11 is 0. The van der Waals surface area contributed by atoms with Gasteiger partial charge in [0.1, 0.15) is 11.9 Å². The number of nitrogens with one attached hydrogen (secondary N) is 1. The summed E-state index contributed by atoms with van der Waals surface area (Å²) in [5, 5.41) is 38.1. The first-order valence-corrected chi connectivity index (χ1v) is 13.3. The van der Waals surface area contributed by atoms with Gasteiger partial charge in [0.2, 0.25) is 0 Å². The van der Waals surface area contributed by atoms with Crippen molar-refractivity contribution in [2.24, 2.45) is 20.5 Å². The molecule has 0 bridgehead atoms. The molecule has 0 unspecified atom stereocenters. The van der Waals surface area contributed by atoms with Crippen LogP contribution in [0.15, 0.2) is 73.9 Å². The summed E-state index contributed by atoms with van der Waals surface area (Å²) in [6.45, 7) is 3.38. The Morgan fingerprint density at radius 2 is 1.51 bits per heavy atom. The van der Waals surface area contributed by atoms with Crippen LogP contribution in [-0.2, 0) is 14.9 Å². The number of benzene rings is 2. The van der Waals surface area contributed by atoms with Crippen LogP contribution in [-0.4, -0.2) is 49.4 Å². The number of aliphatic hydroxyl groups excluding tert-OH is 1. The highest BCUT2D eigenvalue weighted by Gasteiger charge is 2.15. The van der Waals surface area contributed by atoms with Crippen molar-refractivity contribution in [1.29, 1.82) is 5.26 Å². The molecule has 1 aromatic heterocycles. The Balaban J connectivity index is 1.69. The third-order valence-electron chi connectivity index (χ3n) is 5.31. The largest absolute Gasteiger partial charge is 0.396 e. The molecule has 0 saturated carbocycles. The lowest BCUT2D eigenvalue weighted by atomic mass is 10.1. The first-order chi connectivity index (χ1) is 18.7. The maximum absolute atomic E-state index is 11.1. The summed E-state index contributed by atoms with van der Waals surface area (Å²) in [5.41, 5.74) is 8.81. The lowest BCUT2D eigenvalue weighted by molar-refractivity contribution is 0.116. The lowest BCUT2D eigenvalue weighted by Crippen LogP contribution is -2.10. The Bertz CT molecular complexity index is 1470. The molecule has 0 fully saturated rings. The highest BCUT2D eigenvalue weighted by molar-refractivity contribution is 7.85. The number of rotatable bonds is 13. The fraction of sp³-hybridized carbons (Fsp3) is 0.280. The van der Waals surface area contributed by atoms with Gasteiger partial charge in [0.25, 0.3) is 10.1 Å². The fourth-order valence-corrected chi connectivity index (χ4v) is 3.76. The third kappa shape index (κ3) is 8.62. The number of hydrogen-bond acceptors (Lipinski definition) is 12. The van der Waals surface area contributed by atoms with Crippen molar-refractivity contribution in [3.63, 3.8) is 0 Å². The highest BCUT2D eigenvalue weighted by atomic mass is 32.2. The van der Waals surface area contributed by atoms with E-state index in [1.165, 1.54) is 24.3 Å². The molecule has 0 spiro atoms. The van der Waals surface area contributed by atoms with E-state index >= 15 is 0 Å². The Labute approximate surface area is 225 Å². The number of aliphatic hydroxyl groups is 1. The topological polar surface area (TPSA) is 208 Å². The minimum absolute atomic E-state index is 0.0576. The van der Waals surface area contributed by atoms with Gasteiger partial charge in [0.15, 0.2) is 5.82 Å². The van der Waals surface area contributed by atoms with Crippen LogP contribution in [0.3, 0.4) is 0 Å². The van der Waals surface area contributed by atoms with Crippen LogP contribution in [0.25, 0.3) is 0 Å². The molecule has 1 heterocycles. The van der Waals surface area contributed by atoms with Gasteiger partial charge in [0, 0.05) is 26.4 Å². The molecule has 14 heteroatoms. The van der Waals surface area contributed by atoms with E-state index in [9.17, 15) is 13.7 Å². The summed E-state index contributed by atoms with van der Waals surface area (Å²) < 4.78 is 36.7. The molecule has 13 nitrogen and oxygen atoms in total. The molecule has 2 aromatic carbocycles. The fourth-order valence-electron chi connectivity index (χ4n) is 3.28. The highest BCUT2D eigenvalue weighted by Crippen LogP contribution is 2.33. The van der Waals surface area contributed by atoms with Crippen molar-refractivity contribution in [3.8, 4) is 6.07 Å². The maximum atomic E-state index is 11.1. The second-order valence-corrected chi connectivity index (χ2v) is 9.58. The van der Waals surface area contributed by atoms with Gasteiger partial charge in [0.05, 0.1) is 33.2 Å². The summed E-state index contributed by atoms with van der Waals surface area (Å²) in [4.78, 5) is 4.02. The Kier molecular flexibility index (Phi) is 10.5. The van der Waals surface area contributed by atoms with Crippen LogP contribution in [0.4, 0.5) is 34.4 Å². The van der Waals surface area contributed by atoms with Crippen molar-refractivity contribution < 1.29 is 22.8 Å². The molecule has 0 aliphatic rings. The van der Waals surface area contributed by atoms with Gasteiger partial charge >= 0.3 is 0 Å². The number of ether oxygens (including phenoxy) is 1. The predicted octanol–water partition coefficient (Wildman–Crippen LogP) is 5.12. The molecule has 3 rings (SSSR count). The number of azo groups is 2. The van der Waals surface area contributed by atoms with E-state index in [0.29, 0.717) is 60.9 Å². The second-order valence-electron chi connectivity index (χ2n) is 8.16. The number of pyridine rings is 1. The molecule has 3 aromatic rings. The number of anilines is 2. The van der Waals surface area contributed by atoms with Gasteiger partial charge in [-0.05, 0) is 73.9 Å². The molecular weight excluding hydrogens is 524 g/mol. The minimum atomic E-state index is -4.27. The zero-order chi connectivity index (χ0) is 28.3. The molecule has 0 saturated heterocycles. The summed E-state index contributed by atoms with van der Waals surface area (Å²) in [6, 6.07) is 14.1. The molecule has 39 heavy (non-hydrogen) atoms. The summed E-state index contributed by atoms with van der Waals surface area (Å²) in [5.74, 6) is 0.296. The predicted molar refractivity (Wildman–Crippen MR) is 145 cm³/mol. The van der Waals surface area contributed by atoms with Gasteiger partial charge in [-0.3, -0.25) is 4.55 Å². The van der Waals surface area contributed by atoms with Crippen LogP contribution >= 0.6 is 0 Å². The second kappa shape index (κ2) is 14.0. The van der Waals surface area contributed by atoms with Crippen LogP contribution in [0.1, 0.15) is 24.0 Å². The molecular formula is C25H28N8O5S. The number of nitrogens with zero attached hydrogens (tertiary/aromatic N) is 6. The van der Waals surface area contributed by atoms with Gasteiger partial charge in [-0.1, -0.05) is 0 Å². The third-order valence-corrected chi connectivity index (χ3v) is 6.18. The van der Waals surface area contributed by atoms with Crippen molar-refractivity contribution in [1.82, 2.24) is 4.98 Å². The summed E-state index contributed by atoms with van der Waals surface area (Å²) in [7, 11) is -4.27. The van der Waals surface area contributed by atoms with Crippen LogP contribution < -0.4 is 11.1 Å². The Morgan fingerprint density at radius 1 is 0.974 bits per heavy atom. The SMILES string of the molecule is Cc1c(C#N)c(N)nc(N=Nc2ccc(N=Nc3ccc(S(=O)(=O)O)cc3)cc2)c1NCCCOCCCO. The number of nitrogens with two attached hydrogens (primary N) is 1. The van der Waals surface area contributed by atoms with Crippen LogP contribution in [0, 0.1) is 18.3 Å². The molecule has 0 amide bonds. The number of hydrogen-bond donors (Lipinski definition) is 4. The van der Waals surface area contributed by atoms with E-state index < -0.39 is 10.1 Å². The molecule has 5 N–H and O–H groups in total. The van der Waals surface area contributed by atoms with Crippen LogP contribution in [0.5, 0.6) is 0 Å². The van der Waals surface area contributed by atoms with E-state index in [1.54, 1.807) is 31.2 Å². The van der Waals surface area contributed by atoms with E-state index in [-0.39, 0.29) is 28.7 Å². The van der Waals surface area contributed by atoms with Crippen LogP contribution in [0.2, 0.25) is 0 Å². The average Bonchev–Trinajstić information content (AvgIpc) is 2.92. The molecule has 0 aliphatic heterocycles. The minimum Gasteiger partial charge on any atom is -0.396 e. The van der Waals surface area contributed by atoms with E-state index in [0.717, 1.165) is 0 Å². The molecule has 204 valence electrons. The smallest absolute Gasteiger partial charge is 0.294 e. The molecule has 0 atom stereocenters. The van der Waals surface area contributed by atoms with Crippen molar-refractivity contribution >= 4 is 44.5 Å². The zero-order valence-electron chi connectivity index (χ0n) is 21.1. The number of nitriles is 1. The van der Waals surface area contributed by atoms with Gasteiger partial charge in [-0.15, -0.1) is 10.2 Å². The van der Waals surface area contributed by atoms with Crippen molar-refractivity contribution in [2.75, 3.05) is 37.4 Å². The first-order valence-electron chi connectivity index (χ1n) is 11.9. The van der Waals surface area contributed by atoms with Crippen molar-refractivity contribution in [2.45, 2.75) is 24.7 Å². The van der Waals surface area contributed by atoms with Gasteiger partial charge in [-0.2, -0.15) is 23.9 Å². The van der Waals surface area contributed by atoms with E-state index in [2.05, 4.69) is 36.8 Å². The van der Waals surface area contributed by atoms with Crippen molar-refractivity contribution in [3.05, 3.63) is 59.7 Å². The monoisotopic (exact) mass is 552 g/mol. The normalized spacial score (nSPS) is 11.7. The first kappa shape index (κ1) is 29.3. The number of nitrogen functional groups attached to an aromatic ring is 1. The Hall–Kier alpha value is -4.29. The van der Waals surface area contributed by atoms with Gasteiger partial charge in [-0.25, -0.2) is 4.98 Å². The van der Waals surface area contributed by atoms with E-state index in [1.807, 2.05) is 0 Å². The zero-order valence-corrected chi connectivity index (χ0v) is 22.0. The molecule has 0 aliphatic carbocycles. The maximum Gasteiger partial charge on any atom is 0.294 e. The standard InChI is InChI=1S/C25H28N8O5S/c1-17-22(16-26)24(27)29-25(23(17)28-12-2-14-38-15-3-13-34)33-32-19-6-4-18(5-7-19)30-31-20-8-10-21(11-9-20)39(35,36)37/h4-11,28,34H,2-3,12-15H2,1H3,(H2,27,29)(H,35,36,37). The molecule has 0 radical (unpaired) electrons. The Morgan fingerprint density at radius 3 is 2.05 bits per heavy atom. The van der Waals surface area contributed by atoms with E-state index in [4.69, 9.17) is 20.1 Å². The average molecular weight is 553 g/mol. The summed E-state index contributed by atoms with van der Waals surface area (Å²) in [6.07, 6.45) is 1.27. The quantitative estimate of drug-likeness (QED) is 0.126.